The Bertz CT molecular complexity index is 818. The van der Waals surface area contributed by atoms with Gasteiger partial charge in [0.05, 0.1) is 30.3 Å². The predicted molar refractivity (Wildman–Crippen MR) is 99.0 cm³/mol. The van der Waals surface area contributed by atoms with E-state index in [1.165, 1.54) is 0 Å². The van der Waals surface area contributed by atoms with Gasteiger partial charge in [0.25, 0.3) is 5.91 Å². The molecule has 2 amide bonds. The van der Waals surface area contributed by atoms with Gasteiger partial charge in [-0.05, 0) is 25.0 Å². The molecule has 1 aromatic rings. The van der Waals surface area contributed by atoms with Crippen molar-refractivity contribution in [3.63, 3.8) is 0 Å². The number of hydrogen-bond donors (Lipinski definition) is 0. The van der Waals surface area contributed by atoms with Gasteiger partial charge in [-0.1, -0.05) is 18.2 Å². The van der Waals surface area contributed by atoms with Crippen LogP contribution < -0.4 is 0 Å². The van der Waals surface area contributed by atoms with Gasteiger partial charge < -0.3 is 14.5 Å². The minimum Gasteiger partial charge on any atom is -0.373 e. The number of morpholine rings is 1. The van der Waals surface area contributed by atoms with Crippen LogP contribution in [0.1, 0.15) is 23.2 Å². The Kier molecular flexibility index (Phi) is 4.94. The molecule has 0 bridgehead atoms. The molecule has 4 rings (SSSR count). The number of ether oxygens (including phenoxy) is 1. The van der Waals surface area contributed by atoms with Gasteiger partial charge in [0.1, 0.15) is 0 Å². The molecule has 0 aromatic heterocycles. The molecule has 3 fully saturated rings. The second-order valence-corrected chi connectivity index (χ2v) is 9.67. The van der Waals surface area contributed by atoms with Crippen LogP contribution in [-0.2, 0) is 19.4 Å². The van der Waals surface area contributed by atoms with Crippen LogP contribution in [0.15, 0.2) is 30.3 Å². The summed E-state index contributed by atoms with van der Waals surface area (Å²) in [5.41, 5.74) is 0.662. The molecule has 0 N–H and O–H groups in total. The molecule has 0 spiro atoms. The predicted octanol–water partition coefficient (Wildman–Crippen LogP) is 0.563. The van der Waals surface area contributed by atoms with E-state index in [4.69, 9.17) is 4.74 Å². The standard InChI is InChI=1S/C19H24N2O5S/c22-18(14-4-2-1-3-5-14)20-8-6-15(7-9-20)19(23)21-10-11-26-17-13-27(24,25)12-16(17)21/h1-5,15-17H,6-13H2. The molecular formula is C19H24N2O5S. The molecule has 0 radical (unpaired) electrons. The zero-order valence-corrected chi connectivity index (χ0v) is 15.9. The Balaban J connectivity index is 1.38. The summed E-state index contributed by atoms with van der Waals surface area (Å²) in [6.07, 6.45) is 0.824. The highest BCUT2D eigenvalue weighted by molar-refractivity contribution is 7.91. The van der Waals surface area contributed by atoms with Crippen molar-refractivity contribution in [1.29, 1.82) is 0 Å². The van der Waals surface area contributed by atoms with Gasteiger partial charge in [0.2, 0.25) is 5.91 Å². The Morgan fingerprint density at radius 3 is 2.41 bits per heavy atom. The van der Waals surface area contributed by atoms with Crippen LogP contribution in [0.2, 0.25) is 0 Å². The van der Waals surface area contributed by atoms with Gasteiger partial charge in [-0.25, -0.2) is 8.42 Å². The summed E-state index contributed by atoms with van der Waals surface area (Å²) in [4.78, 5) is 29.1. The van der Waals surface area contributed by atoms with E-state index < -0.39 is 15.9 Å². The van der Waals surface area contributed by atoms with Crippen molar-refractivity contribution < 1.29 is 22.7 Å². The lowest BCUT2D eigenvalue weighted by Crippen LogP contribution is -2.55. The maximum absolute atomic E-state index is 13.0. The van der Waals surface area contributed by atoms with Crippen LogP contribution in [-0.4, -0.2) is 79.9 Å². The third-order valence-corrected chi connectivity index (χ3v) is 7.46. The molecule has 2 unspecified atom stereocenters. The number of sulfone groups is 1. The van der Waals surface area contributed by atoms with E-state index in [2.05, 4.69) is 0 Å². The molecule has 0 saturated carbocycles. The first-order valence-electron chi connectivity index (χ1n) is 9.41. The molecule has 146 valence electrons. The van der Waals surface area contributed by atoms with Crippen LogP contribution >= 0.6 is 0 Å². The zero-order chi connectivity index (χ0) is 19.0. The summed E-state index contributed by atoms with van der Waals surface area (Å²) in [5, 5.41) is 0. The highest BCUT2D eigenvalue weighted by Crippen LogP contribution is 2.28. The first-order chi connectivity index (χ1) is 12.9. The summed E-state index contributed by atoms with van der Waals surface area (Å²) in [6, 6.07) is 8.80. The molecule has 27 heavy (non-hydrogen) atoms. The van der Waals surface area contributed by atoms with Crippen LogP contribution in [0, 0.1) is 5.92 Å². The van der Waals surface area contributed by atoms with Gasteiger partial charge in [0.15, 0.2) is 9.84 Å². The van der Waals surface area contributed by atoms with Gasteiger partial charge in [-0.3, -0.25) is 9.59 Å². The van der Waals surface area contributed by atoms with Crippen LogP contribution in [0.25, 0.3) is 0 Å². The van der Waals surface area contributed by atoms with E-state index in [-0.39, 0.29) is 35.3 Å². The number of amides is 2. The Morgan fingerprint density at radius 1 is 1.00 bits per heavy atom. The van der Waals surface area contributed by atoms with Crippen LogP contribution in [0.3, 0.4) is 0 Å². The third kappa shape index (κ3) is 3.73. The first-order valence-corrected chi connectivity index (χ1v) is 11.2. The van der Waals surface area contributed by atoms with Crippen molar-refractivity contribution >= 4 is 21.7 Å². The second kappa shape index (κ2) is 7.24. The molecule has 0 aliphatic carbocycles. The van der Waals surface area contributed by atoms with Crippen molar-refractivity contribution in [2.75, 3.05) is 37.7 Å². The van der Waals surface area contributed by atoms with E-state index in [1.54, 1.807) is 21.9 Å². The summed E-state index contributed by atoms with van der Waals surface area (Å²) in [5.74, 6) is -0.154. The summed E-state index contributed by atoms with van der Waals surface area (Å²) in [6.45, 7) is 1.91. The molecule has 8 heteroatoms. The summed E-state index contributed by atoms with van der Waals surface area (Å²) < 4.78 is 29.4. The van der Waals surface area contributed by atoms with Crippen molar-refractivity contribution in [3.05, 3.63) is 35.9 Å². The lowest BCUT2D eigenvalue weighted by Gasteiger charge is -2.40. The maximum Gasteiger partial charge on any atom is 0.253 e. The number of carbonyl (C=O) groups excluding carboxylic acids is 2. The number of nitrogens with zero attached hydrogens (tertiary/aromatic N) is 2. The Hall–Kier alpha value is -1.93. The first kappa shape index (κ1) is 18.4. The average Bonchev–Trinajstić information content (AvgIpc) is 3.01. The number of likely N-dealkylation sites (tertiary alicyclic amines) is 1. The second-order valence-electron chi connectivity index (χ2n) is 7.52. The molecule has 3 aliphatic heterocycles. The molecule has 7 nitrogen and oxygen atoms in total. The van der Waals surface area contributed by atoms with E-state index in [9.17, 15) is 18.0 Å². The maximum atomic E-state index is 13.0. The lowest BCUT2D eigenvalue weighted by molar-refractivity contribution is -0.148. The van der Waals surface area contributed by atoms with E-state index in [1.807, 2.05) is 18.2 Å². The largest absolute Gasteiger partial charge is 0.373 e. The quantitative estimate of drug-likeness (QED) is 0.735. The lowest BCUT2D eigenvalue weighted by atomic mass is 9.93. The number of benzene rings is 1. The van der Waals surface area contributed by atoms with E-state index >= 15 is 0 Å². The smallest absolute Gasteiger partial charge is 0.253 e. The fourth-order valence-corrected chi connectivity index (χ4v) is 6.19. The molecule has 3 heterocycles. The van der Waals surface area contributed by atoms with Crippen molar-refractivity contribution in [2.24, 2.45) is 5.92 Å². The molecule has 3 aliphatic rings. The number of carbonyl (C=O) groups is 2. The molecular weight excluding hydrogens is 368 g/mol. The van der Waals surface area contributed by atoms with E-state index in [0.717, 1.165) is 0 Å². The minimum atomic E-state index is -3.15. The number of hydrogen-bond acceptors (Lipinski definition) is 5. The summed E-state index contributed by atoms with van der Waals surface area (Å²) >= 11 is 0. The normalized spacial score (nSPS) is 28.0. The molecule has 2 atom stereocenters. The molecule has 3 saturated heterocycles. The monoisotopic (exact) mass is 392 g/mol. The van der Waals surface area contributed by atoms with Crippen LogP contribution in [0.4, 0.5) is 0 Å². The Morgan fingerprint density at radius 2 is 1.70 bits per heavy atom. The van der Waals surface area contributed by atoms with Crippen molar-refractivity contribution in [1.82, 2.24) is 9.80 Å². The van der Waals surface area contributed by atoms with E-state index in [0.29, 0.717) is 44.6 Å². The van der Waals surface area contributed by atoms with Gasteiger partial charge in [-0.15, -0.1) is 0 Å². The third-order valence-electron chi connectivity index (χ3n) is 5.77. The number of fused-ring (bicyclic) bond motifs is 1. The van der Waals surface area contributed by atoms with Crippen LogP contribution in [0.5, 0.6) is 0 Å². The number of piperidine rings is 1. The molecule has 1 aromatic carbocycles. The van der Waals surface area contributed by atoms with Gasteiger partial charge in [0, 0.05) is 31.1 Å². The minimum absolute atomic E-state index is 0.00479. The van der Waals surface area contributed by atoms with Crippen molar-refractivity contribution in [2.45, 2.75) is 25.0 Å². The highest BCUT2D eigenvalue weighted by atomic mass is 32.2. The highest BCUT2D eigenvalue weighted by Gasteiger charge is 2.46. The SMILES string of the molecule is O=C(c1ccccc1)N1CCC(C(=O)N2CCOC3CS(=O)(=O)CC32)CC1. The van der Waals surface area contributed by atoms with Crippen molar-refractivity contribution in [3.8, 4) is 0 Å². The summed E-state index contributed by atoms with van der Waals surface area (Å²) in [7, 11) is -3.15. The average molecular weight is 392 g/mol. The van der Waals surface area contributed by atoms with Gasteiger partial charge >= 0.3 is 0 Å². The fraction of sp³-hybridized carbons (Fsp3) is 0.579. The topological polar surface area (TPSA) is 84.0 Å². The zero-order valence-electron chi connectivity index (χ0n) is 15.1. The van der Waals surface area contributed by atoms with Gasteiger partial charge in [-0.2, -0.15) is 0 Å². The fourth-order valence-electron chi connectivity index (χ4n) is 4.32. The Labute approximate surface area is 159 Å². The number of rotatable bonds is 2.